The van der Waals surface area contributed by atoms with Gasteiger partial charge in [0.1, 0.15) is 0 Å². The molecule has 0 bridgehead atoms. The number of rotatable bonds is 12. The number of hydrogen-bond donors (Lipinski definition) is 3. The first-order chi connectivity index (χ1) is 23.4. The normalized spacial score (nSPS) is 17.5. The lowest BCUT2D eigenvalue weighted by atomic mass is 9.71. The van der Waals surface area contributed by atoms with Crippen LogP contribution in [0.2, 0.25) is 5.02 Å². The summed E-state index contributed by atoms with van der Waals surface area (Å²) >= 11 is 6.09. The van der Waals surface area contributed by atoms with E-state index in [0.29, 0.717) is 24.4 Å². The molecule has 2 fully saturated rings. The number of hydrogen-bond acceptors (Lipinski definition) is 4. The molecule has 6 rings (SSSR count). The topological polar surface area (TPSA) is 67.8 Å². The third-order valence-electron chi connectivity index (χ3n) is 10.5. The van der Waals surface area contributed by atoms with E-state index in [4.69, 9.17) is 11.6 Å². The molecule has 2 aliphatic rings. The summed E-state index contributed by atoms with van der Waals surface area (Å²) in [4.78, 5) is 18.4. The Bertz CT molecular complexity index is 1510. The maximum Gasteiger partial charge on any atom is 0.315 e. The molecule has 2 amide bonds. The van der Waals surface area contributed by atoms with Gasteiger partial charge in [0.25, 0.3) is 0 Å². The van der Waals surface area contributed by atoms with Crippen LogP contribution in [0.1, 0.15) is 60.8 Å². The van der Waals surface area contributed by atoms with Gasteiger partial charge in [0.05, 0.1) is 5.60 Å². The van der Waals surface area contributed by atoms with E-state index in [9.17, 15) is 9.90 Å². The zero-order valence-electron chi connectivity index (χ0n) is 27.9. The number of carbonyl (C=O) groups is 1. The molecule has 252 valence electrons. The molecule has 0 aromatic heterocycles. The average Bonchev–Trinajstić information content (AvgIpc) is 3.13. The zero-order valence-corrected chi connectivity index (χ0v) is 28.6. The molecule has 0 saturated carbocycles. The molecule has 7 heteroatoms. The Labute approximate surface area is 291 Å². The third kappa shape index (κ3) is 8.66. The number of likely N-dealkylation sites (tertiary alicyclic amines) is 2. The second-order valence-electron chi connectivity index (χ2n) is 13.7. The molecular weight excluding hydrogens is 616 g/mol. The van der Waals surface area contributed by atoms with Crippen LogP contribution in [0.3, 0.4) is 0 Å². The van der Waals surface area contributed by atoms with E-state index in [2.05, 4.69) is 111 Å². The van der Waals surface area contributed by atoms with Crippen LogP contribution in [0.15, 0.2) is 115 Å². The quantitative estimate of drug-likeness (QED) is 0.148. The van der Waals surface area contributed by atoms with Gasteiger partial charge in [0.15, 0.2) is 0 Å². The van der Waals surface area contributed by atoms with Crippen molar-refractivity contribution >= 4 is 17.6 Å². The van der Waals surface area contributed by atoms with E-state index in [0.717, 1.165) is 70.5 Å². The number of benzene rings is 4. The van der Waals surface area contributed by atoms with Crippen LogP contribution in [-0.4, -0.2) is 66.2 Å². The van der Waals surface area contributed by atoms with Gasteiger partial charge >= 0.3 is 6.03 Å². The van der Waals surface area contributed by atoms with Gasteiger partial charge < -0.3 is 20.6 Å². The number of piperidine rings is 2. The first-order valence-corrected chi connectivity index (χ1v) is 17.9. The number of aliphatic hydroxyl groups is 1. The van der Waals surface area contributed by atoms with Crippen molar-refractivity contribution in [3.63, 3.8) is 0 Å². The summed E-state index contributed by atoms with van der Waals surface area (Å²) in [5, 5.41) is 18.7. The lowest BCUT2D eigenvalue weighted by molar-refractivity contribution is -0.0262. The number of halogens is 1. The van der Waals surface area contributed by atoms with Gasteiger partial charge in [-0.3, -0.25) is 4.90 Å². The minimum atomic E-state index is -0.811. The maximum absolute atomic E-state index is 13.4. The summed E-state index contributed by atoms with van der Waals surface area (Å²) in [5.74, 6) is 0. The molecule has 2 saturated heterocycles. The largest absolute Gasteiger partial charge is 0.385 e. The molecule has 0 radical (unpaired) electrons. The first kappa shape index (κ1) is 34.2. The molecule has 6 nitrogen and oxygen atoms in total. The minimum absolute atomic E-state index is 0.0923. The highest BCUT2D eigenvalue weighted by molar-refractivity contribution is 6.30. The van der Waals surface area contributed by atoms with Gasteiger partial charge in [0, 0.05) is 55.7 Å². The van der Waals surface area contributed by atoms with Crippen LogP contribution in [0.5, 0.6) is 0 Å². The Hall–Kier alpha value is -3.68. The second-order valence-corrected chi connectivity index (χ2v) is 14.1. The highest BCUT2D eigenvalue weighted by Crippen LogP contribution is 2.38. The molecule has 0 unspecified atom stereocenters. The smallest absolute Gasteiger partial charge is 0.315 e. The number of nitrogens with zero attached hydrogens (tertiary/aromatic N) is 2. The SMILES string of the molecule is O=C(NCC(CCCN1CCC(O)(c2ccc(Cl)cc2)CC1)(c1ccccc1)c1ccccc1)NC1CCN(Cc2ccccc2)CC1. The molecule has 2 aliphatic heterocycles. The van der Waals surface area contributed by atoms with Crippen LogP contribution in [0.25, 0.3) is 0 Å². The average molecular weight is 665 g/mol. The van der Waals surface area contributed by atoms with Gasteiger partial charge in [0.2, 0.25) is 0 Å². The number of carbonyl (C=O) groups excluding carboxylic acids is 1. The Balaban J connectivity index is 1.08. The number of urea groups is 1. The van der Waals surface area contributed by atoms with Crippen molar-refractivity contribution < 1.29 is 9.90 Å². The lowest BCUT2D eigenvalue weighted by Gasteiger charge is -2.40. The molecule has 2 heterocycles. The summed E-state index contributed by atoms with van der Waals surface area (Å²) < 4.78 is 0. The summed E-state index contributed by atoms with van der Waals surface area (Å²) in [5.41, 5.74) is 3.51. The third-order valence-corrected chi connectivity index (χ3v) is 10.8. The van der Waals surface area contributed by atoms with E-state index in [1.807, 2.05) is 24.3 Å². The van der Waals surface area contributed by atoms with Crippen LogP contribution in [-0.2, 0) is 17.6 Å². The Morgan fingerprint density at radius 1 is 0.771 bits per heavy atom. The van der Waals surface area contributed by atoms with Crippen molar-refractivity contribution in [3.8, 4) is 0 Å². The monoisotopic (exact) mass is 664 g/mol. The summed E-state index contributed by atoms with van der Waals surface area (Å²) in [6.45, 7) is 6.04. The Kier molecular flexibility index (Phi) is 11.5. The Morgan fingerprint density at radius 3 is 1.92 bits per heavy atom. The summed E-state index contributed by atoms with van der Waals surface area (Å²) in [6, 6.07) is 39.6. The van der Waals surface area contributed by atoms with Crippen molar-refractivity contribution in [2.75, 3.05) is 39.3 Å². The zero-order chi connectivity index (χ0) is 33.2. The molecule has 4 aromatic carbocycles. The van der Waals surface area contributed by atoms with Crippen molar-refractivity contribution in [2.45, 2.75) is 62.1 Å². The van der Waals surface area contributed by atoms with E-state index in [-0.39, 0.29) is 17.5 Å². The number of nitrogens with one attached hydrogen (secondary N) is 2. The van der Waals surface area contributed by atoms with Gasteiger partial charge in [-0.15, -0.1) is 0 Å². The van der Waals surface area contributed by atoms with E-state index < -0.39 is 5.60 Å². The van der Waals surface area contributed by atoms with Crippen LogP contribution in [0.4, 0.5) is 4.79 Å². The molecule has 0 atom stereocenters. The highest BCUT2D eigenvalue weighted by atomic mass is 35.5. The summed E-state index contributed by atoms with van der Waals surface area (Å²) in [7, 11) is 0. The fourth-order valence-electron chi connectivity index (χ4n) is 7.61. The highest BCUT2D eigenvalue weighted by Gasteiger charge is 2.37. The molecule has 48 heavy (non-hydrogen) atoms. The van der Waals surface area contributed by atoms with Crippen molar-refractivity contribution in [3.05, 3.63) is 143 Å². The van der Waals surface area contributed by atoms with Gasteiger partial charge in [-0.25, -0.2) is 4.79 Å². The van der Waals surface area contributed by atoms with Crippen LogP contribution >= 0.6 is 11.6 Å². The first-order valence-electron chi connectivity index (χ1n) is 17.5. The molecule has 0 aliphatic carbocycles. The maximum atomic E-state index is 13.4. The molecule has 3 N–H and O–H groups in total. The predicted octanol–water partition coefficient (Wildman–Crippen LogP) is 7.35. The van der Waals surface area contributed by atoms with Crippen LogP contribution in [0, 0.1) is 0 Å². The van der Waals surface area contributed by atoms with Crippen molar-refractivity contribution in [1.29, 1.82) is 0 Å². The standard InChI is InChI=1S/C41H49ClN4O2/c42-37-19-17-36(18-20-37)41(48)24-29-45(30-25-41)26-10-23-40(34-13-6-2-7-14-34,35-15-8-3-9-16-35)32-43-39(47)44-38-21-27-46(28-22-38)31-33-11-4-1-5-12-33/h1-9,11-20,38,48H,10,21-32H2,(H2,43,44,47). The van der Waals surface area contributed by atoms with Gasteiger partial charge in [-0.1, -0.05) is 115 Å². The minimum Gasteiger partial charge on any atom is -0.385 e. The molecule has 0 spiro atoms. The van der Waals surface area contributed by atoms with Gasteiger partial charge in [-0.05, 0) is 79.5 Å². The fourth-order valence-corrected chi connectivity index (χ4v) is 7.73. The molecule has 4 aromatic rings. The van der Waals surface area contributed by atoms with Crippen molar-refractivity contribution in [1.82, 2.24) is 20.4 Å². The van der Waals surface area contributed by atoms with Crippen molar-refractivity contribution in [2.24, 2.45) is 0 Å². The van der Waals surface area contributed by atoms with E-state index >= 15 is 0 Å². The van der Waals surface area contributed by atoms with Crippen LogP contribution < -0.4 is 10.6 Å². The number of amides is 2. The van der Waals surface area contributed by atoms with E-state index in [1.54, 1.807) is 0 Å². The van der Waals surface area contributed by atoms with Gasteiger partial charge in [-0.2, -0.15) is 0 Å². The second kappa shape index (κ2) is 16.1. The molecular formula is C41H49ClN4O2. The van der Waals surface area contributed by atoms with E-state index in [1.165, 1.54) is 16.7 Å². The predicted molar refractivity (Wildman–Crippen MR) is 195 cm³/mol. The Morgan fingerprint density at radius 2 is 1.33 bits per heavy atom. The summed E-state index contributed by atoms with van der Waals surface area (Å²) in [6.07, 6.45) is 5.15. The lowest BCUT2D eigenvalue weighted by Crippen LogP contribution is -2.51. The fraction of sp³-hybridized carbons (Fsp3) is 0.390.